The molecule has 9 heteroatoms. The molecule has 2 rings (SSSR count). The molecule has 0 spiro atoms. The Bertz CT molecular complexity index is 640. The number of nitrogens with zero attached hydrogens (tertiary/aromatic N) is 3. The number of carbonyl (C=O) groups is 1. The normalized spacial score (nSPS) is 10.3. The van der Waals surface area contributed by atoms with E-state index in [1.54, 1.807) is 0 Å². The highest BCUT2D eigenvalue weighted by Gasteiger charge is 2.15. The maximum absolute atomic E-state index is 11.1. The first-order valence-electron chi connectivity index (χ1n) is 6.24. The number of nitrogens with two attached hydrogens (primary N) is 1. The van der Waals surface area contributed by atoms with Crippen LogP contribution in [0, 0.1) is 10.1 Å². The van der Waals surface area contributed by atoms with Gasteiger partial charge < -0.3 is 11.1 Å². The summed E-state index contributed by atoms with van der Waals surface area (Å²) >= 11 is 0. The van der Waals surface area contributed by atoms with Crippen molar-refractivity contribution >= 4 is 17.3 Å². The number of benzene rings is 1. The van der Waals surface area contributed by atoms with Crippen LogP contribution in [0.25, 0.3) is 0 Å². The van der Waals surface area contributed by atoms with Gasteiger partial charge in [-0.2, -0.15) is 5.10 Å². The third-order valence-electron chi connectivity index (χ3n) is 2.85. The molecule has 0 saturated carbocycles. The Morgan fingerprint density at radius 1 is 1.48 bits per heavy atom. The Morgan fingerprint density at radius 3 is 2.90 bits per heavy atom. The molecule has 9 nitrogen and oxygen atoms in total. The third kappa shape index (κ3) is 3.75. The number of primary amides is 1. The highest BCUT2D eigenvalue weighted by atomic mass is 16.6. The zero-order chi connectivity index (χ0) is 15.2. The van der Waals surface area contributed by atoms with Crippen LogP contribution in [-0.2, 0) is 6.42 Å². The molecule has 110 valence electrons. The van der Waals surface area contributed by atoms with Crippen molar-refractivity contribution in [2.24, 2.45) is 5.73 Å². The molecule has 0 aliphatic carbocycles. The quantitative estimate of drug-likeness (QED) is 0.392. The van der Waals surface area contributed by atoms with Gasteiger partial charge in [-0.1, -0.05) is 0 Å². The number of hydrogen-bond donors (Lipinski definition) is 3. The van der Waals surface area contributed by atoms with Gasteiger partial charge in [0.15, 0.2) is 0 Å². The van der Waals surface area contributed by atoms with Crippen molar-refractivity contribution in [2.45, 2.75) is 12.8 Å². The fourth-order valence-corrected chi connectivity index (χ4v) is 1.82. The predicted octanol–water partition coefficient (Wildman–Crippen LogP) is 0.856. The highest BCUT2D eigenvalue weighted by Crippen LogP contribution is 2.25. The average Bonchev–Trinajstić information content (AvgIpc) is 2.96. The molecule has 0 aliphatic rings. The molecule has 0 radical (unpaired) electrons. The molecule has 0 aliphatic heterocycles. The van der Waals surface area contributed by atoms with Gasteiger partial charge in [-0.15, -0.1) is 0 Å². The van der Waals surface area contributed by atoms with E-state index in [1.807, 2.05) is 0 Å². The Hall–Kier alpha value is -2.97. The Balaban J connectivity index is 2.01. The zero-order valence-electron chi connectivity index (χ0n) is 11.1. The lowest BCUT2D eigenvalue weighted by Gasteiger charge is -2.07. The summed E-state index contributed by atoms with van der Waals surface area (Å²) in [5.74, 6) is 0.117. The van der Waals surface area contributed by atoms with Crippen LogP contribution in [-0.4, -0.2) is 32.6 Å². The van der Waals surface area contributed by atoms with Crippen molar-refractivity contribution in [1.82, 2.24) is 15.2 Å². The minimum absolute atomic E-state index is 0.0975. The van der Waals surface area contributed by atoms with Crippen molar-refractivity contribution in [3.63, 3.8) is 0 Å². The second-order valence-electron chi connectivity index (χ2n) is 4.32. The van der Waals surface area contributed by atoms with E-state index in [0.29, 0.717) is 19.4 Å². The summed E-state index contributed by atoms with van der Waals surface area (Å²) < 4.78 is 0. The van der Waals surface area contributed by atoms with Crippen LogP contribution >= 0.6 is 0 Å². The van der Waals surface area contributed by atoms with Gasteiger partial charge >= 0.3 is 0 Å². The number of carbonyl (C=O) groups excluding carboxylic acids is 1. The van der Waals surface area contributed by atoms with Gasteiger partial charge in [-0.25, -0.2) is 4.98 Å². The lowest BCUT2D eigenvalue weighted by molar-refractivity contribution is -0.384. The number of nitro groups is 1. The maximum atomic E-state index is 11.1. The fraction of sp³-hybridized carbons (Fsp3) is 0.250. The standard InChI is InChI=1S/C12H14N6O3/c13-12(19)8-3-4-10(18(20)21)9(6-8)14-5-1-2-11-15-7-16-17-11/h3-4,6-7,14H,1-2,5H2,(H2,13,19)(H,15,16,17). The van der Waals surface area contributed by atoms with Crippen LogP contribution in [0.1, 0.15) is 22.6 Å². The van der Waals surface area contributed by atoms with E-state index in [2.05, 4.69) is 20.5 Å². The van der Waals surface area contributed by atoms with E-state index in [4.69, 9.17) is 5.73 Å². The number of H-pyrrole nitrogens is 1. The van der Waals surface area contributed by atoms with Gasteiger partial charge in [0, 0.05) is 24.6 Å². The molecule has 4 N–H and O–H groups in total. The van der Waals surface area contributed by atoms with Gasteiger partial charge in [-0.05, 0) is 18.6 Å². The number of rotatable bonds is 7. The van der Waals surface area contributed by atoms with Gasteiger partial charge in [-0.3, -0.25) is 20.0 Å². The first-order valence-corrected chi connectivity index (χ1v) is 6.24. The number of anilines is 1. The molecule has 1 heterocycles. The van der Waals surface area contributed by atoms with Crippen molar-refractivity contribution < 1.29 is 9.72 Å². The molecule has 1 aromatic carbocycles. The smallest absolute Gasteiger partial charge is 0.292 e. The molecule has 21 heavy (non-hydrogen) atoms. The number of nitrogens with one attached hydrogen (secondary N) is 2. The molecule has 0 unspecified atom stereocenters. The number of aromatic amines is 1. The van der Waals surface area contributed by atoms with E-state index < -0.39 is 10.8 Å². The SMILES string of the molecule is NC(=O)c1ccc([N+](=O)[O-])c(NCCCc2ncn[nH]2)c1. The van der Waals surface area contributed by atoms with Crippen molar-refractivity contribution in [3.05, 3.63) is 46.0 Å². The average molecular weight is 290 g/mol. The zero-order valence-corrected chi connectivity index (χ0v) is 11.1. The van der Waals surface area contributed by atoms with Crippen LogP contribution in [0.15, 0.2) is 24.5 Å². The first-order chi connectivity index (χ1) is 10.1. The largest absolute Gasteiger partial charge is 0.379 e. The third-order valence-corrected chi connectivity index (χ3v) is 2.85. The maximum Gasteiger partial charge on any atom is 0.292 e. The van der Waals surface area contributed by atoms with Crippen LogP contribution in [0.2, 0.25) is 0 Å². The van der Waals surface area contributed by atoms with E-state index >= 15 is 0 Å². The molecular formula is C12H14N6O3. The summed E-state index contributed by atoms with van der Waals surface area (Å²) in [6, 6.07) is 3.98. The minimum atomic E-state index is -0.630. The van der Waals surface area contributed by atoms with Crippen molar-refractivity contribution in [1.29, 1.82) is 0 Å². The lowest BCUT2D eigenvalue weighted by Crippen LogP contribution is -2.12. The van der Waals surface area contributed by atoms with Gasteiger partial charge in [0.2, 0.25) is 5.91 Å². The minimum Gasteiger partial charge on any atom is -0.379 e. The number of aryl methyl sites for hydroxylation is 1. The number of hydrogen-bond acceptors (Lipinski definition) is 6. The summed E-state index contributed by atoms with van der Waals surface area (Å²) in [6.45, 7) is 0.490. The topological polar surface area (TPSA) is 140 Å². The highest BCUT2D eigenvalue weighted by molar-refractivity contribution is 5.94. The Kier molecular flexibility index (Phi) is 4.44. The molecule has 1 amide bonds. The first kappa shape index (κ1) is 14.4. The Morgan fingerprint density at radius 2 is 2.29 bits per heavy atom. The second-order valence-corrected chi connectivity index (χ2v) is 4.32. The van der Waals surface area contributed by atoms with E-state index in [-0.39, 0.29) is 16.9 Å². The summed E-state index contributed by atoms with van der Waals surface area (Å²) in [4.78, 5) is 25.5. The molecule has 0 saturated heterocycles. The molecular weight excluding hydrogens is 276 g/mol. The summed E-state index contributed by atoms with van der Waals surface area (Å²) in [6.07, 6.45) is 2.79. The van der Waals surface area contributed by atoms with E-state index in [9.17, 15) is 14.9 Å². The van der Waals surface area contributed by atoms with Crippen LogP contribution in [0.4, 0.5) is 11.4 Å². The summed E-state index contributed by atoms with van der Waals surface area (Å²) in [5.41, 5.74) is 5.57. The molecule has 1 aromatic heterocycles. The van der Waals surface area contributed by atoms with E-state index in [1.165, 1.54) is 24.5 Å². The van der Waals surface area contributed by atoms with Gasteiger partial charge in [0.25, 0.3) is 5.69 Å². The fourth-order valence-electron chi connectivity index (χ4n) is 1.82. The van der Waals surface area contributed by atoms with Crippen LogP contribution in [0.5, 0.6) is 0 Å². The summed E-state index contributed by atoms with van der Waals surface area (Å²) in [5, 5.41) is 20.4. The predicted molar refractivity (Wildman–Crippen MR) is 74.8 cm³/mol. The summed E-state index contributed by atoms with van der Waals surface area (Å²) in [7, 11) is 0. The van der Waals surface area contributed by atoms with Crippen LogP contribution in [0.3, 0.4) is 0 Å². The second kappa shape index (κ2) is 6.46. The molecule has 0 bridgehead atoms. The van der Waals surface area contributed by atoms with Gasteiger partial charge in [0.05, 0.1) is 4.92 Å². The lowest BCUT2D eigenvalue weighted by atomic mass is 10.1. The monoisotopic (exact) mass is 290 g/mol. The van der Waals surface area contributed by atoms with Crippen LogP contribution < -0.4 is 11.1 Å². The molecule has 2 aromatic rings. The van der Waals surface area contributed by atoms with Crippen molar-refractivity contribution in [3.8, 4) is 0 Å². The van der Waals surface area contributed by atoms with Crippen molar-refractivity contribution in [2.75, 3.05) is 11.9 Å². The number of nitro benzene ring substituents is 1. The molecule has 0 atom stereocenters. The molecule has 0 fully saturated rings. The van der Waals surface area contributed by atoms with E-state index in [0.717, 1.165) is 5.82 Å². The van der Waals surface area contributed by atoms with Gasteiger partial charge in [0.1, 0.15) is 17.8 Å². The number of amides is 1. The number of aromatic nitrogens is 3. The Labute approximate surface area is 119 Å².